The number of para-hydroxylation sites is 2. The molecule has 3 unspecified atom stereocenters. The van der Waals surface area contributed by atoms with E-state index in [0.29, 0.717) is 25.4 Å². The Balaban J connectivity index is 0.00000243. The minimum atomic E-state index is -0.282. The number of nitrogens with one attached hydrogen (secondary N) is 1. The highest BCUT2D eigenvalue weighted by Gasteiger charge is 2.40. The van der Waals surface area contributed by atoms with E-state index in [4.69, 9.17) is 4.74 Å². The van der Waals surface area contributed by atoms with Crippen LogP contribution in [0.1, 0.15) is 27.2 Å². The van der Waals surface area contributed by atoms with E-state index in [9.17, 15) is 9.59 Å². The molecule has 7 heteroatoms. The molecule has 2 amide bonds. The average molecular weight is 382 g/mol. The van der Waals surface area contributed by atoms with Gasteiger partial charge in [0.25, 0.3) is 0 Å². The smallest absolute Gasteiger partial charge is 0.228 e. The molecule has 0 radical (unpaired) electrons. The van der Waals surface area contributed by atoms with E-state index >= 15 is 0 Å². The van der Waals surface area contributed by atoms with Crippen molar-refractivity contribution in [3.05, 3.63) is 24.3 Å². The third kappa shape index (κ3) is 3.96. The Morgan fingerprint density at radius 2 is 2.04 bits per heavy atom. The number of hydrogen-bond donors (Lipinski definition) is 1. The van der Waals surface area contributed by atoms with Crippen LogP contribution in [0.4, 0.5) is 5.69 Å². The molecule has 2 heterocycles. The Hall–Kier alpha value is -1.79. The minimum Gasteiger partial charge on any atom is -0.492 e. The molecule has 3 atom stereocenters. The molecule has 0 aromatic heterocycles. The standard InChI is InChI=1S/C19H27N3O3.ClH/c1-4-25-17-8-6-5-7-16(17)22-12-15(11-18(22)23)19(24)21-10-9-20-13(2)14(21)3;/h5-8,13-15,20H,4,9-12H2,1-3H3;1H. The summed E-state index contributed by atoms with van der Waals surface area (Å²) in [6.07, 6.45) is 0.268. The first-order valence-corrected chi connectivity index (χ1v) is 9.09. The van der Waals surface area contributed by atoms with Crippen molar-refractivity contribution in [1.82, 2.24) is 10.2 Å². The molecule has 2 aliphatic heterocycles. The van der Waals surface area contributed by atoms with Gasteiger partial charge in [-0.25, -0.2) is 0 Å². The number of anilines is 1. The second-order valence-electron chi connectivity index (χ2n) is 6.82. The SMILES string of the molecule is CCOc1ccccc1N1CC(C(=O)N2CCNC(C)C2C)CC1=O.Cl. The largest absolute Gasteiger partial charge is 0.492 e. The van der Waals surface area contributed by atoms with Gasteiger partial charge in [-0.2, -0.15) is 0 Å². The normalized spacial score (nSPS) is 25.8. The van der Waals surface area contributed by atoms with Gasteiger partial charge in [0.15, 0.2) is 0 Å². The zero-order valence-electron chi connectivity index (χ0n) is 15.6. The van der Waals surface area contributed by atoms with Crippen LogP contribution in [0.3, 0.4) is 0 Å². The number of hydrogen-bond acceptors (Lipinski definition) is 4. The van der Waals surface area contributed by atoms with Crippen molar-refractivity contribution in [2.75, 3.05) is 31.1 Å². The summed E-state index contributed by atoms with van der Waals surface area (Å²) in [5, 5.41) is 3.38. The number of carbonyl (C=O) groups excluding carboxylic acids is 2. The summed E-state index contributed by atoms with van der Waals surface area (Å²) in [6.45, 7) is 8.54. The van der Waals surface area contributed by atoms with E-state index in [1.807, 2.05) is 36.1 Å². The fourth-order valence-electron chi connectivity index (χ4n) is 3.67. The van der Waals surface area contributed by atoms with Gasteiger partial charge >= 0.3 is 0 Å². The Morgan fingerprint density at radius 3 is 2.77 bits per heavy atom. The Labute approximate surface area is 161 Å². The second-order valence-corrected chi connectivity index (χ2v) is 6.82. The Bertz CT molecular complexity index is 655. The quantitative estimate of drug-likeness (QED) is 0.867. The van der Waals surface area contributed by atoms with Crippen molar-refractivity contribution in [2.24, 2.45) is 5.92 Å². The average Bonchev–Trinajstić information content (AvgIpc) is 2.99. The molecule has 0 spiro atoms. The first-order valence-electron chi connectivity index (χ1n) is 9.09. The van der Waals surface area contributed by atoms with E-state index in [1.54, 1.807) is 4.90 Å². The number of rotatable bonds is 4. The molecule has 0 saturated carbocycles. The molecule has 1 N–H and O–H groups in total. The van der Waals surface area contributed by atoms with Gasteiger partial charge in [-0.3, -0.25) is 9.59 Å². The molecule has 6 nitrogen and oxygen atoms in total. The summed E-state index contributed by atoms with van der Waals surface area (Å²) in [6, 6.07) is 7.93. The first-order chi connectivity index (χ1) is 12.0. The lowest BCUT2D eigenvalue weighted by atomic mass is 10.0. The third-order valence-electron chi connectivity index (χ3n) is 5.25. The van der Waals surface area contributed by atoms with Gasteiger partial charge in [0.05, 0.1) is 18.2 Å². The van der Waals surface area contributed by atoms with Crippen LogP contribution < -0.4 is 15.0 Å². The number of ether oxygens (including phenoxy) is 1. The summed E-state index contributed by atoms with van der Waals surface area (Å²) < 4.78 is 5.64. The number of carbonyl (C=O) groups is 2. The van der Waals surface area contributed by atoms with Crippen LogP contribution in [0, 0.1) is 5.92 Å². The molecule has 2 saturated heterocycles. The zero-order chi connectivity index (χ0) is 18.0. The van der Waals surface area contributed by atoms with E-state index in [1.165, 1.54) is 0 Å². The summed E-state index contributed by atoms with van der Waals surface area (Å²) in [4.78, 5) is 29.2. The minimum absolute atomic E-state index is 0. The fourth-order valence-corrected chi connectivity index (χ4v) is 3.67. The lowest BCUT2D eigenvalue weighted by molar-refractivity contribution is -0.139. The maximum Gasteiger partial charge on any atom is 0.228 e. The fraction of sp³-hybridized carbons (Fsp3) is 0.579. The molecule has 3 rings (SSSR count). The highest BCUT2D eigenvalue weighted by molar-refractivity contribution is 6.01. The Morgan fingerprint density at radius 1 is 1.31 bits per heavy atom. The zero-order valence-corrected chi connectivity index (χ0v) is 16.4. The summed E-state index contributed by atoms with van der Waals surface area (Å²) in [5.41, 5.74) is 0.756. The molecule has 1 aromatic rings. The molecule has 1 aromatic carbocycles. The maximum absolute atomic E-state index is 13.0. The van der Waals surface area contributed by atoms with Crippen LogP contribution in [0.2, 0.25) is 0 Å². The van der Waals surface area contributed by atoms with Crippen molar-refractivity contribution in [2.45, 2.75) is 39.3 Å². The molecular formula is C19H28ClN3O3. The van der Waals surface area contributed by atoms with Gasteiger partial charge in [-0.1, -0.05) is 12.1 Å². The predicted molar refractivity (Wildman–Crippen MR) is 104 cm³/mol. The van der Waals surface area contributed by atoms with Crippen LogP contribution >= 0.6 is 12.4 Å². The van der Waals surface area contributed by atoms with E-state index in [0.717, 1.165) is 12.2 Å². The number of benzene rings is 1. The monoisotopic (exact) mass is 381 g/mol. The number of piperazine rings is 1. The maximum atomic E-state index is 13.0. The highest BCUT2D eigenvalue weighted by Crippen LogP contribution is 2.33. The van der Waals surface area contributed by atoms with Gasteiger partial charge in [0.1, 0.15) is 5.75 Å². The van der Waals surface area contributed by atoms with Crippen LogP contribution in [0.25, 0.3) is 0 Å². The lowest BCUT2D eigenvalue weighted by Crippen LogP contribution is -2.58. The molecular weight excluding hydrogens is 354 g/mol. The van der Waals surface area contributed by atoms with Crippen molar-refractivity contribution in [3.8, 4) is 5.75 Å². The van der Waals surface area contributed by atoms with Gasteiger partial charge < -0.3 is 19.9 Å². The van der Waals surface area contributed by atoms with Gasteiger partial charge in [-0.05, 0) is 32.9 Å². The molecule has 2 aliphatic rings. The van der Waals surface area contributed by atoms with Crippen LogP contribution in [-0.2, 0) is 9.59 Å². The van der Waals surface area contributed by atoms with Crippen molar-refractivity contribution in [1.29, 1.82) is 0 Å². The second kappa shape index (κ2) is 8.73. The number of halogens is 1. The summed E-state index contributed by atoms with van der Waals surface area (Å²) >= 11 is 0. The summed E-state index contributed by atoms with van der Waals surface area (Å²) in [7, 11) is 0. The van der Waals surface area contributed by atoms with Gasteiger partial charge in [0.2, 0.25) is 11.8 Å². The predicted octanol–water partition coefficient (Wildman–Crippen LogP) is 2.07. The topological polar surface area (TPSA) is 61.9 Å². The van der Waals surface area contributed by atoms with Crippen molar-refractivity contribution < 1.29 is 14.3 Å². The van der Waals surface area contributed by atoms with Crippen LogP contribution in [0.5, 0.6) is 5.75 Å². The van der Waals surface area contributed by atoms with E-state index < -0.39 is 0 Å². The van der Waals surface area contributed by atoms with Gasteiger partial charge in [0, 0.05) is 38.1 Å². The van der Waals surface area contributed by atoms with E-state index in [2.05, 4.69) is 19.2 Å². The first kappa shape index (κ1) is 20.5. The molecule has 144 valence electrons. The van der Waals surface area contributed by atoms with Gasteiger partial charge in [-0.15, -0.1) is 12.4 Å². The van der Waals surface area contributed by atoms with Crippen molar-refractivity contribution >= 4 is 29.9 Å². The third-order valence-corrected chi connectivity index (χ3v) is 5.25. The molecule has 0 bridgehead atoms. The van der Waals surface area contributed by atoms with Crippen LogP contribution in [0.15, 0.2) is 24.3 Å². The number of amides is 2. The highest BCUT2D eigenvalue weighted by atomic mass is 35.5. The van der Waals surface area contributed by atoms with Crippen molar-refractivity contribution in [3.63, 3.8) is 0 Å². The summed E-state index contributed by atoms with van der Waals surface area (Å²) in [5.74, 6) is 0.484. The van der Waals surface area contributed by atoms with E-state index in [-0.39, 0.29) is 48.6 Å². The Kier molecular flexibility index (Phi) is 6.89. The van der Waals surface area contributed by atoms with Crippen LogP contribution in [-0.4, -0.2) is 55.0 Å². The molecule has 2 fully saturated rings. The molecule has 26 heavy (non-hydrogen) atoms. The molecule has 0 aliphatic carbocycles. The number of nitrogens with zero attached hydrogens (tertiary/aromatic N) is 2. The lowest BCUT2D eigenvalue weighted by Gasteiger charge is -2.39.